The number of para-hydroxylation sites is 4. The van der Waals surface area contributed by atoms with E-state index in [0.717, 1.165) is 14.7 Å². The van der Waals surface area contributed by atoms with Gasteiger partial charge in [-0.3, -0.25) is 24.2 Å². The Labute approximate surface area is 238 Å². The lowest BCUT2D eigenvalue weighted by molar-refractivity contribution is -0.132. The molecule has 2 N–H and O–H groups in total. The Balaban J connectivity index is 1.76. The quantitative estimate of drug-likeness (QED) is 0.150. The van der Waals surface area contributed by atoms with Gasteiger partial charge >= 0.3 is 11.9 Å². The van der Waals surface area contributed by atoms with E-state index in [2.05, 4.69) is 0 Å². The number of urea groups is 1. The van der Waals surface area contributed by atoms with Crippen LogP contribution >= 0.6 is 11.6 Å². The van der Waals surface area contributed by atoms with Crippen molar-refractivity contribution < 1.29 is 29.4 Å². The van der Waals surface area contributed by atoms with Crippen LogP contribution < -0.4 is 14.7 Å². The van der Waals surface area contributed by atoms with Gasteiger partial charge in [0.15, 0.2) is 0 Å². The molecule has 2 saturated heterocycles. The molecule has 4 amide bonds. The smallest absolute Gasteiger partial charge is 0.338 e. The number of phenolic OH excluding ortho intramolecular Hbond substituents is 1. The fraction of sp³-hybridized carbons (Fsp3) is 0.0323. The average Bonchev–Trinajstić information content (AvgIpc) is 3.35. The summed E-state index contributed by atoms with van der Waals surface area (Å²) in [7, 11) is 0. The van der Waals surface area contributed by atoms with Crippen molar-refractivity contribution in [2.24, 2.45) is 0 Å². The molecule has 0 bridgehead atoms. The summed E-state index contributed by atoms with van der Waals surface area (Å²) in [6.45, 7) is 0. The number of carbonyl (C=O) groups excluding carboxylic acids is 4. The van der Waals surface area contributed by atoms with E-state index in [-0.39, 0.29) is 22.6 Å². The van der Waals surface area contributed by atoms with Crippen LogP contribution in [0.2, 0.25) is 5.02 Å². The standard InChI is InChI=1S/C31H20ClN3O6/c32-20-17-15-19(16-18-20)26(37)25-27(38)28(39)35(23-13-7-8-14-24(23)36)31(25)29(40)33(21-9-3-1-4-10-21)30(41)34(31)22-11-5-2-6-12-22/h1-18,36-37H. The first-order chi connectivity index (χ1) is 19.8. The summed E-state index contributed by atoms with van der Waals surface area (Å²) in [6.07, 6.45) is 0. The van der Waals surface area contributed by atoms with Crippen molar-refractivity contribution in [3.05, 3.63) is 125 Å². The first-order valence-corrected chi connectivity index (χ1v) is 12.8. The normalized spacial score (nSPS) is 20.0. The van der Waals surface area contributed by atoms with Crippen LogP contribution in [-0.4, -0.2) is 39.5 Å². The molecule has 1 unspecified atom stereocenters. The molecule has 4 aromatic carbocycles. The van der Waals surface area contributed by atoms with Crippen LogP contribution in [0.4, 0.5) is 21.9 Å². The number of halogens is 1. The van der Waals surface area contributed by atoms with Crippen molar-refractivity contribution in [1.82, 2.24) is 0 Å². The third-order valence-corrected chi connectivity index (χ3v) is 7.26. The van der Waals surface area contributed by atoms with Gasteiger partial charge in [-0.15, -0.1) is 0 Å². The number of amides is 4. The SMILES string of the molecule is O=C1C(=O)N(c2ccccc2O)C2(C(=O)N(c3ccccc3)C(=O)N2c2ccccc2)C1=C(O)c1ccc(Cl)cc1. The molecule has 41 heavy (non-hydrogen) atoms. The molecule has 0 aromatic heterocycles. The number of ketones is 1. The molecule has 0 saturated carbocycles. The molecule has 1 atom stereocenters. The number of hydrogen-bond donors (Lipinski definition) is 2. The number of aliphatic hydroxyl groups excluding tert-OH is 1. The molecule has 0 radical (unpaired) electrons. The Kier molecular flexibility index (Phi) is 6.08. The van der Waals surface area contributed by atoms with E-state index in [9.17, 15) is 29.4 Å². The molecule has 2 fully saturated rings. The summed E-state index contributed by atoms with van der Waals surface area (Å²) in [5.41, 5.74) is -2.99. The van der Waals surface area contributed by atoms with Gasteiger partial charge in [0, 0.05) is 16.3 Å². The molecular formula is C31H20ClN3O6. The van der Waals surface area contributed by atoms with Crippen molar-refractivity contribution >= 4 is 58.1 Å². The van der Waals surface area contributed by atoms with E-state index in [0.29, 0.717) is 5.02 Å². The van der Waals surface area contributed by atoms with E-state index in [1.165, 1.54) is 72.8 Å². The fourth-order valence-corrected chi connectivity index (χ4v) is 5.38. The third-order valence-electron chi connectivity index (χ3n) is 7.01. The molecule has 1 spiro atoms. The van der Waals surface area contributed by atoms with E-state index >= 15 is 0 Å². The topological polar surface area (TPSA) is 118 Å². The van der Waals surface area contributed by atoms with Crippen molar-refractivity contribution in [3.8, 4) is 5.75 Å². The minimum atomic E-state index is -2.55. The van der Waals surface area contributed by atoms with Crippen LogP contribution in [0.3, 0.4) is 0 Å². The van der Waals surface area contributed by atoms with Crippen LogP contribution in [0.5, 0.6) is 5.75 Å². The summed E-state index contributed by atoms with van der Waals surface area (Å²) in [4.78, 5) is 59.5. The van der Waals surface area contributed by atoms with E-state index < -0.39 is 46.4 Å². The predicted octanol–water partition coefficient (Wildman–Crippen LogP) is 5.30. The zero-order valence-electron chi connectivity index (χ0n) is 21.1. The molecule has 6 rings (SSSR count). The number of anilines is 3. The number of phenols is 1. The summed E-state index contributed by atoms with van der Waals surface area (Å²) in [5, 5.41) is 22.9. The van der Waals surface area contributed by atoms with Crippen molar-refractivity contribution in [2.45, 2.75) is 5.66 Å². The molecule has 2 heterocycles. The Morgan fingerprint density at radius 1 is 0.683 bits per heavy atom. The summed E-state index contributed by atoms with van der Waals surface area (Å²) in [5.74, 6) is -4.58. The highest BCUT2D eigenvalue weighted by molar-refractivity contribution is 6.57. The lowest BCUT2D eigenvalue weighted by Gasteiger charge is -2.39. The Hall–Kier alpha value is -5.41. The van der Waals surface area contributed by atoms with Gasteiger partial charge in [-0.1, -0.05) is 60.1 Å². The van der Waals surface area contributed by atoms with E-state index in [1.54, 1.807) is 36.4 Å². The molecule has 0 aliphatic carbocycles. The number of hydrogen-bond acceptors (Lipinski definition) is 6. The van der Waals surface area contributed by atoms with Gasteiger partial charge in [-0.05, 0) is 60.7 Å². The molecule has 9 nitrogen and oxygen atoms in total. The van der Waals surface area contributed by atoms with Gasteiger partial charge in [0.05, 0.1) is 11.4 Å². The minimum absolute atomic E-state index is 0.0791. The molecule has 2 aliphatic rings. The van der Waals surface area contributed by atoms with E-state index in [4.69, 9.17) is 11.6 Å². The lowest BCUT2D eigenvalue weighted by atomic mass is 9.92. The number of rotatable bonds is 4. The van der Waals surface area contributed by atoms with Crippen molar-refractivity contribution in [3.63, 3.8) is 0 Å². The second-order valence-electron chi connectivity index (χ2n) is 9.29. The van der Waals surface area contributed by atoms with Gasteiger partial charge in [0.25, 0.3) is 11.7 Å². The maximum absolute atomic E-state index is 14.8. The second-order valence-corrected chi connectivity index (χ2v) is 9.73. The number of benzene rings is 4. The highest BCUT2D eigenvalue weighted by atomic mass is 35.5. The first kappa shape index (κ1) is 25.8. The monoisotopic (exact) mass is 565 g/mol. The van der Waals surface area contributed by atoms with E-state index in [1.807, 2.05) is 0 Å². The highest BCUT2D eigenvalue weighted by Crippen LogP contribution is 2.51. The Morgan fingerprint density at radius 2 is 1.24 bits per heavy atom. The molecule has 2 aliphatic heterocycles. The molecule has 10 heteroatoms. The van der Waals surface area contributed by atoms with Gasteiger partial charge in [0.1, 0.15) is 17.1 Å². The molecular weight excluding hydrogens is 546 g/mol. The van der Waals surface area contributed by atoms with Gasteiger partial charge < -0.3 is 10.2 Å². The largest absolute Gasteiger partial charge is 0.507 e. The number of aliphatic hydroxyl groups is 1. The predicted molar refractivity (Wildman–Crippen MR) is 153 cm³/mol. The summed E-state index contributed by atoms with van der Waals surface area (Å²) in [6, 6.07) is 26.6. The summed E-state index contributed by atoms with van der Waals surface area (Å²) < 4.78 is 0. The van der Waals surface area contributed by atoms with Gasteiger partial charge in [-0.2, -0.15) is 0 Å². The van der Waals surface area contributed by atoms with Crippen molar-refractivity contribution in [1.29, 1.82) is 0 Å². The molecule has 202 valence electrons. The number of carbonyl (C=O) groups is 4. The van der Waals surface area contributed by atoms with Crippen molar-refractivity contribution in [2.75, 3.05) is 14.7 Å². The highest BCUT2D eigenvalue weighted by Gasteiger charge is 2.73. The maximum atomic E-state index is 14.8. The van der Waals surface area contributed by atoms with Crippen LogP contribution in [0.1, 0.15) is 5.56 Å². The zero-order valence-corrected chi connectivity index (χ0v) is 21.9. The van der Waals surface area contributed by atoms with Gasteiger partial charge in [-0.25, -0.2) is 9.69 Å². The first-order valence-electron chi connectivity index (χ1n) is 12.4. The Bertz CT molecular complexity index is 1760. The third kappa shape index (κ3) is 3.70. The van der Waals surface area contributed by atoms with Crippen LogP contribution in [0, 0.1) is 0 Å². The van der Waals surface area contributed by atoms with Gasteiger partial charge in [0.2, 0.25) is 5.66 Å². The van der Waals surface area contributed by atoms with Crippen LogP contribution in [0.25, 0.3) is 5.76 Å². The second kappa shape index (κ2) is 9.65. The minimum Gasteiger partial charge on any atom is -0.507 e. The lowest BCUT2D eigenvalue weighted by Crippen LogP contribution is -2.61. The average molecular weight is 566 g/mol. The zero-order chi connectivity index (χ0) is 28.9. The Morgan fingerprint density at radius 3 is 1.85 bits per heavy atom. The maximum Gasteiger partial charge on any atom is 0.338 e. The number of Topliss-reactive ketones (excluding diaryl/α,β-unsaturated/α-hetero) is 1. The van der Waals surface area contributed by atoms with Crippen LogP contribution in [-0.2, 0) is 14.4 Å². The summed E-state index contributed by atoms with van der Waals surface area (Å²) >= 11 is 6.03. The number of nitrogens with zero attached hydrogens (tertiary/aromatic N) is 3. The number of imide groups is 1. The van der Waals surface area contributed by atoms with Crippen LogP contribution in [0.15, 0.2) is 115 Å². The number of aromatic hydroxyl groups is 1. The fourth-order valence-electron chi connectivity index (χ4n) is 5.26. The molecule has 4 aromatic rings.